The molecule has 1 unspecified atom stereocenters. The molecule has 3 aromatic rings. The number of alkyl halides is 3. The van der Waals surface area contributed by atoms with Crippen molar-refractivity contribution in [3.05, 3.63) is 76.8 Å². The molecule has 1 atom stereocenters. The molecule has 9 heteroatoms. The number of allylic oxidation sites excluding steroid dienone is 1. The number of ether oxygens (including phenoxy) is 1. The average molecular weight is 494 g/mol. The number of carboxylic acid groups (broad SMARTS) is 1. The minimum absolute atomic E-state index is 0.0316. The van der Waals surface area contributed by atoms with Crippen molar-refractivity contribution in [2.75, 3.05) is 6.61 Å². The van der Waals surface area contributed by atoms with Crippen LogP contribution in [0.1, 0.15) is 34.6 Å². The molecule has 2 aromatic carbocycles. The van der Waals surface area contributed by atoms with Crippen molar-refractivity contribution in [1.29, 1.82) is 0 Å². The lowest BCUT2D eigenvalue weighted by atomic mass is 10.1. The van der Waals surface area contributed by atoms with Gasteiger partial charge in [0.15, 0.2) is 6.61 Å². The third kappa shape index (κ3) is 6.85. The zero-order valence-corrected chi connectivity index (χ0v) is 19.6. The summed E-state index contributed by atoms with van der Waals surface area (Å²) in [5.41, 5.74) is 0.779. The second-order valence-electron chi connectivity index (χ2n) is 7.13. The van der Waals surface area contributed by atoms with Crippen LogP contribution in [0.25, 0.3) is 10.6 Å². The van der Waals surface area contributed by atoms with Gasteiger partial charge in [0, 0.05) is 21.5 Å². The van der Waals surface area contributed by atoms with Crippen molar-refractivity contribution in [2.45, 2.75) is 36.6 Å². The first-order chi connectivity index (χ1) is 15.7. The van der Waals surface area contributed by atoms with Gasteiger partial charge < -0.3 is 9.84 Å². The van der Waals surface area contributed by atoms with Crippen LogP contribution in [0.5, 0.6) is 5.75 Å². The summed E-state index contributed by atoms with van der Waals surface area (Å²) >= 11 is 3.05. The molecule has 1 aromatic heterocycles. The molecule has 174 valence electrons. The van der Waals surface area contributed by atoms with Crippen LogP contribution in [-0.4, -0.2) is 22.7 Å². The Bertz CT molecular complexity index is 1120. The van der Waals surface area contributed by atoms with Gasteiger partial charge in [-0.25, -0.2) is 9.78 Å². The molecule has 0 bridgehead atoms. The molecule has 0 aliphatic carbocycles. The minimum Gasteiger partial charge on any atom is -0.482 e. The molecule has 4 nitrogen and oxygen atoms in total. The van der Waals surface area contributed by atoms with Gasteiger partial charge in [-0.1, -0.05) is 31.2 Å². The van der Waals surface area contributed by atoms with Gasteiger partial charge in [-0.3, -0.25) is 0 Å². The van der Waals surface area contributed by atoms with E-state index in [1.54, 1.807) is 24.0 Å². The topological polar surface area (TPSA) is 59.4 Å². The highest BCUT2D eigenvalue weighted by Gasteiger charge is 2.30. The van der Waals surface area contributed by atoms with Gasteiger partial charge in [-0.15, -0.1) is 23.1 Å². The van der Waals surface area contributed by atoms with Gasteiger partial charge in [0.25, 0.3) is 0 Å². The van der Waals surface area contributed by atoms with E-state index in [2.05, 4.69) is 17.1 Å². The largest absolute Gasteiger partial charge is 0.482 e. The van der Waals surface area contributed by atoms with Crippen molar-refractivity contribution in [3.63, 3.8) is 0 Å². The third-order valence-electron chi connectivity index (χ3n) is 4.57. The summed E-state index contributed by atoms with van der Waals surface area (Å²) in [6, 6.07) is 10.6. The van der Waals surface area contributed by atoms with E-state index < -0.39 is 24.3 Å². The molecule has 0 aliphatic rings. The lowest BCUT2D eigenvalue weighted by Gasteiger charge is -2.13. The molecule has 0 radical (unpaired) electrons. The number of thioether (sulfide) groups is 1. The van der Waals surface area contributed by atoms with E-state index >= 15 is 0 Å². The molecular formula is C24H22F3NO3S2. The summed E-state index contributed by atoms with van der Waals surface area (Å²) in [4.78, 5) is 17.1. The summed E-state index contributed by atoms with van der Waals surface area (Å²) in [6.07, 6.45) is 2.39. The monoisotopic (exact) mass is 493 g/mol. The van der Waals surface area contributed by atoms with E-state index in [4.69, 9.17) is 9.84 Å². The van der Waals surface area contributed by atoms with E-state index in [0.717, 1.165) is 33.9 Å². The molecule has 0 amide bonds. The first-order valence-electron chi connectivity index (χ1n) is 10.1. The van der Waals surface area contributed by atoms with Crippen LogP contribution in [0.15, 0.2) is 65.7 Å². The normalized spacial score (nSPS) is 12.8. The zero-order valence-electron chi connectivity index (χ0n) is 17.9. The maximum Gasteiger partial charge on any atom is 0.416 e. The zero-order chi connectivity index (χ0) is 24.0. The number of aryl methyl sites for hydroxylation is 1. The number of thiazole rings is 1. The standard InChI is InChI=1S/C24H22F3NO3S2/c1-3-4-5-20(32-18-10-11-19(15(2)12-18)31-14-22(29)30)21-13-28-23(33-21)16-6-8-17(9-7-16)24(25,26)27/h4-13,20H,3,14H2,1-2H3,(H,29,30)/b5-4+. The number of aliphatic carboxylic acids is 1. The van der Waals surface area contributed by atoms with E-state index in [-0.39, 0.29) is 5.25 Å². The van der Waals surface area contributed by atoms with Crippen molar-refractivity contribution < 1.29 is 27.8 Å². The Balaban J connectivity index is 1.80. The smallest absolute Gasteiger partial charge is 0.416 e. The molecule has 1 heterocycles. The molecule has 0 spiro atoms. The molecule has 0 aliphatic heterocycles. The minimum atomic E-state index is -4.37. The second kappa shape index (κ2) is 10.9. The lowest BCUT2D eigenvalue weighted by Crippen LogP contribution is -2.10. The van der Waals surface area contributed by atoms with Crippen LogP contribution in [-0.2, 0) is 11.0 Å². The third-order valence-corrected chi connectivity index (χ3v) is 7.04. The fraction of sp³-hybridized carbons (Fsp3) is 0.250. The van der Waals surface area contributed by atoms with E-state index in [9.17, 15) is 18.0 Å². The SMILES string of the molecule is CC/C=C/C(Sc1ccc(OCC(=O)O)c(C)c1)c1cnc(-c2ccc(C(F)(F)F)cc2)s1. The Hall–Kier alpha value is -2.78. The molecular weight excluding hydrogens is 471 g/mol. The Labute approximate surface area is 198 Å². The Morgan fingerprint density at radius 3 is 2.58 bits per heavy atom. The molecule has 3 rings (SSSR count). The quantitative estimate of drug-likeness (QED) is 0.249. The predicted molar refractivity (Wildman–Crippen MR) is 125 cm³/mol. The van der Waals surface area contributed by atoms with Gasteiger partial charge in [0.1, 0.15) is 10.8 Å². The van der Waals surface area contributed by atoms with Gasteiger partial charge in [-0.05, 0) is 49.2 Å². The van der Waals surface area contributed by atoms with E-state index in [1.807, 2.05) is 26.0 Å². The van der Waals surface area contributed by atoms with Crippen LogP contribution in [0, 0.1) is 6.92 Å². The molecule has 33 heavy (non-hydrogen) atoms. The van der Waals surface area contributed by atoms with E-state index in [1.165, 1.54) is 23.5 Å². The number of hydrogen-bond donors (Lipinski definition) is 1. The molecule has 0 fully saturated rings. The van der Waals surface area contributed by atoms with Crippen LogP contribution in [0.3, 0.4) is 0 Å². The van der Waals surface area contributed by atoms with Crippen LogP contribution >= 0.6 is 23.1 Å². The van der Waals surface area contributed by atoms with Crippen LogP contribution in [0.4, 0.5) is 13.2 Å². The van der Waals surface area contributed by atoms with Crippen molar-refractivity contribution in [2.24, 2.45) is 0 Å². The molecule has 1 N–H and O–H groups in total. The van der Waals surface area contributed by atoms with Crippen molar-refractivity contribution >= 4 is 29.1 Å². The Morgan fingerprint density at radius 2 is 1.97 bits per heavy atom. The van der Waals surface area contributed by atoms with Gasteiger partial charge in [-0.2, -0.15) is 13.2 Å². The number of rotatable bonds is 9. The first kappa shape index (κ1) is 24.9. The number of nitrogens with zero attached hydrogens (tertiary/aromatic N) is 1. The second-order valence-corrected chi connectivity index (χ2v) is 9.40. The van der Waals surface area contributed by atoms with E-state index in [0.29, 0.717) is 16.3 Å². The van der Waals surface area contributed by atoms with Crippen LogP contribution < -0.4 is 4.74 Å². The maximum atomic E-state index is 12.8. The highest BCUT2D eigenvalue weighted by Crippen LogP contribution is 2.42. The van der Waals surface area contributed by atoms with Gasteiger partial charge in [0.2, 0.25) is 0 Å². The number of carbonyl (C=O) groups is 1. The number of halogens is 3. The summed E-state index contributed by atoms with van der Waals surface area (Å²) in [6.45, 7) is 3.49. The predicted octanol–water partition coefficient (Wildman–Crippen LogP) is 7.40. The number of benzene rings is 2. The summed E-state index contributed by atoms with van der Waals surface area (Å²) in [5.74, 6) is -0.517. The summed E-state index contributed by atoms with van der Waals surface area (Å²) in [7, 11) is 0. The number of aromatic nitrogens is 1. The van der Waals surface area contributed by atoms with Crippen LogP contribution in [0.2, 0.25) is 0 Å². The molecule has 0 saturated heterocycles. The average Bonchev–Trinajstić information content (AvgIpc) is 3.25. The lowest BCUT2D eigenvalue weighted by molar-refractivity contribution is -0.139. The Morgan fingerprint density at radius 1 is 1.24 bits per heavy atom. The Kier molecular flexibility index (Phi) is 8.20. The maximum absolute atomic E-state index is 12.8. The van der Waals surface area contributed by atoms with Crippen molar-refractivity contribution in [3.8, 4) is 16.3 Å². The number of hydrogen-bond acceptors (Lipinski definition) is 5. The fourth-order valence-electron chi connectivity index (χ4n) is 2.95. The fourth-order valence-corrected chi connectivity index (χ4v) is 5.17. The highest BCUT2D eigenvalue weighted by atomic mass is 32.2. The first-order valence-corrected chi connectivity index (χ1v) is 11.8. The summed E-state index contributed by atoms with van der Waals surface area (Å²) in [5, 5.41) is 9.41. The van der Waals surface area contributed by atoms with Gasteiger partial charge in [0.05, 0.1) is 10.8 Å². The summed E-state index contributed by atoms with van der Waals surface area (Å²) < 4.78 is 43.8. The van der Waals surface area contributed by atoms with Crippen molar-refractivity contribution in [1.82, 2.24) is 4.98 Å². The van der Waals surface area contributed by atoms with Gasteiger partial charge >= 0.3 is 12.1 Å². The number of carboxylic acids is 1. The highest BCUT2D eigenvalue weighted by molar-refractivity contribution is 7.99. The molecule has 0 saturated carbocycles.